The van der Waals surface area contributed by atoms with Crippen molar-refractivity contribution in [1.82, 2.24) is 10.2 Å². The molecule has 1 aliphatic carbocycles. The first kappa shape index (κ1) is 15.4. The lowest BCUT2D eigenvalue weighted by Gasteiger charge is -2.39. The van der Waals surface area contributed by atoms with Crippen molar-refractivity contribution in [2.45, 2.75) is 39.0 Å². The Balaban J connectivity index is 2.55. The van der Waals surface area contributed by atoms with Gasteiger partial charge in [0.1, 0.15) is 0 Å². The van der Waals surface area contributed by atoms with E-state index in [1.807, 2.05) is 19.0 Å². The van der Waals surface area contributed by atoms with Crippen molar-refractivity contribution in [2.24, 2.45) is 17.1 Å². The van der Waals surface area contributed by atoms with Crippen LogP contribution in [0.4, 0.5) is 0 Å². The van der Waals surface area contributed by atoms with Gasteiger partial charge in [0.05, 0.1) is 5.41 Å². The molecule has 0 atom stereocenters. The van der Waals surface area contributed by atoms with Crippen molar-refractivity contribution in [3.63, 3.8) is 0 Å². The Morgan fingerprint density at radius 2 is 2.06 bits per heavy atom. The Bertz CT molecular complexity index is 260. The normalized spacial score (nSPS) is 28.1. The molecule has 1 aliphatic rings. The molecule has 106 valence electrons. The molecule has 4 nitrogen and oxygen atoms in total. The van der Waals surface area contributed by atoms with Gasteiger partial charge >= 0.3 is 0 Å². The van der Waals surface area contributed by atoms with E-state index in [-0.39, 0.29) is 11.3 Å². The van der Waals surface area contributed by atoms with Crippen LogP contribution in [0.3, 0.4) is 0 Å². The van der Waals surface area contributed by atoms with E-state index in [2.05, 4.69) is 12.2 Å². The highest BCUT2D eigenvalue weighted by molar-refractivity contribution is 5.82. The first-order valence-corrected chi connectivity index (χ1v) is 7.16. The average molecular weight is 255 g/mol. The fourth-order valence-electron chi connectivity index (χ4n) is 2.82. The van der Waals surface area contributed by atoms with Crippen LogP contribution in [0.5, 0.6) is 0 Å². The van der Waals surface area contributed by atoms with Crippen molar-refractivity contribution in [3.05, 3.63) is 0 Å². The van der Waals surface area contributed by atoms with Crippen LogP contribution >= 0.6 is 0 Å². The second-order valence-corrected chi connectivity index (χ2v) is 5.85. The van der Waals surface area contributed by atoms with Gasteiger partial charge in [-0.3, -0.25) is 4.79 Å². The summed E-state index contributed by atoms with van der Waals surface area (Å²) < 4.78 is 0. The van der Waals surface area contributed by atoms with Gasteiger partial charge in [-0.15, -0.1) is 0 Å². The molecule has 0 heterocycles. The molecule has 1 fully saturated rings. The van der Waals surface area contributed by atoms with Crippen molar-refractivity contribution < 1.29 is 4.79 Å². The van der Waals surface area contributed by atoms with Crippen molar-refractivity contribution >= 4 is 5.91 Å². The molecule has 1 amide bonds. The van der Waals surface area contributed by atoms with Crippen LogP contribution in [-0.4, -0.2) is 44.5 Å². The van der Waals surface area contributed by atoms with Gasteiger partial charge in [-0.1, -0.05) is 6.92 Å². The summed E-state index contributed by atoms with van der Waals surface area (Å²) in [6, 6.07) is 0. The maximum Gasteiger partial charge on any atom is 0.229 e. The van der Waals surface area contributed by atoms with E-state index in [4.69, 9.17) is 5.73 Å². The van der Waals surface area contributed by atoms with Crippen LogP contribution in [0.2, 0.25) is 0 Å². The number of nitrogens with two attached hydrogens (primary N) is 1. The van der Waals surface area contributed by atoms with Gasteiger partial charge in [0, 0.05) is 20.1 Å². The number of rotatable bonds is 6. The van der Waals surface area contributed by atoms with Crippen LogP contribution in [0.1, 0.15) is 39.0 Å². The topological polar surface area (TPSA) is 58.4 Å². The lowest BCUT2D eigenvalue weighted by atomic mass is 9.70. The van der Waals surface area contributed by atoms with E-state index in [0.717, 1.165) is 51.1 Å². The summed E-state index contributed by atoms with van der Waals surface area (Å²) in [6.07, 6.45) is 5.18. The molecule has 0 saturated heterocycles. The van der Waals surface area contributed by atoms with Crippen LogP contribution in [0, 0.1) is 11.3 Å². The Morgan fingerprint density at radius 1 is 1.44 bits per heavy atom. The fourth-order valence-corrected chi connectivity index (χ4v) is 2.82. The zero-order valence-electron chi connectivity index (χ0n) is 12.2. The number of hydrogen-bond acceptors (Lipinski definition) is 3. The number of carbonyl (C=O) groups is 1. The largest absolute Gasteiger partial charge is 0.345 e. The summed E-state index contributed by atoms with van der Waals surface area (Å²) in [5.41, 5.74) is 5.64. The van der Waals surface area contributed by atoms with Gasteiger partial charge in [0.15, 0.2) is 0 Å². The summed E-state index contributed by atoms with van der Waals surface area (Å²) in [4.78, 5) is 14.5. The molecule has 0 radical (unpaired) electrons. The quantitative estimate of drug-likeness (QED) is 0.701. The Kier molecular flexibility index (Phi) is 6.09. The Morgan fingerprint density at radius 3 is 2.56 bits per heavy atom. The lowest BCUT2D eigenvalue weighted by Crippen LogP contribution is -2.49. The fraction of sp³-hybridized carbons (Fsp3) is 0.929. The number of hydrogen-bond donors (Lipinski definition) is 2. The summed E-state index contributed by atoms with van der Waals surface area (Å²) in [6.45, 7) is 4.53. The monoisotopic (exact) mass is 255 g/mol. The highest BCUT2D eigenvalue weighted by atomic mass is 16.2. The second-order valence-electron chi connectivity index (χ2n) is 5.85. The lowest BCUT2D eigenvalue weighted by molar-refractivity contribution is -0.142. The molecule has 0 unspecified atom stereocenters. The zero-order valence-corrected chi connectivity index (χ0v) is 12.2. The minimum atomic E-state index is -0.277. The predicted molar refractivity (Wildman–Crippen MR) is 75.3 cm³/mol. The molecule has 0 aliphatic heterocycles. The minimum Gasteiger partial charge on any atom is -0.345 e. The molecule has 0 spiro atoms. The highest BCUT2D eigenvalue weighted by Crippen LogP contribution is 2.39. The molecule has 0 bridgehead atoms. The van der Waals surface area contributed by atoms with Crippen LogP contribution in [-0.2, 0) is 4.79 Å². The third-order valence-corrected chi connectivity index (χ3v) is 4.34. The van der Waals surface area contributed by atoms with E-state index in [1.54, 1.807) is 0 Å². The molecular formula is C14H29N3O. The van der Waals surface area contributed by atoms with E-state index in [1.165, 1.54) is 0 Å². The predicted octanol–water partition coefficient (Wildman–Crippen LogP) is 1.21. The van der Waals surface area contributed by atoms with Gasteiger partial charge in [-0.2, -0.15) is 0 Å². The van der Waals surface area contributed by atoms with E-state index in [9.17, 15) is 4.79 Å². The van der Waals surface area contributed by atoms with Crippen LogP contribution in [0.25, 0.3) is 0 Å². The van der Waals surface area contributed by atoms with Crippen molar-refractivity contribution in [1.29, 1.82) is 0 Å². The van der Waals surface area contributed by atoms with Gasteiger partial charge in [0.25, 0.3) is 0 Å². The highest BCUT2D eigenvalue weighted by Gasteiger charge is 2.41. The van der Waals surface area contributed by atoms with Crippen molar-refractivity contribution in [3.8, 4) is 0 Å². The Hall–Kier alpha value is -0.610. The summed E-state index contributed by atoms with van der Waals surface area (Å²) >= 11 is 0. The average Bonchev–Trinajstić information content (AvgIpc) is 2.39. The molecule has 1 saturated carbocycles. The first-order chi connectivity index (χ1) is 8.55. The molecule has 4 heteroatoms. The van der Waals surface area contributed by atoms with E-state index < -0.39 is 0 Å². The SMILES string of the molecule is CNCCCN(C)C(=O)C1(CN)CCC(C)CC1. The number of carbonyl (C=O) groups excluding carboxylic acids is 1. The first-order valence-electron chi connectivity index (χ1n) is 7.16. The number of amides is 1. The third kappa shape index (κ3) is 3.69. The third-order valence-electron chi connectivity index (χ3n) is 4.34. The molecule has 0 aromatic carbocycles. The van der Waals surface area contributed by atoms with Crippen LogP contribution < -0.4 is 11.1 Å². The summed E-state index contributed by atoms with van der Waals surface area (Å²) in [5.74, 6) is 1.00. The molecule has 0 aromatic rings. The standard InChI is InChI=1S/C14H29N3O/c1-12-5-7-14(11-15,8-6-12)13(18)17(3)10-4-9-16-2/h12,16H,4-11,15H2,1-3H3. The molecular weight excluding hydrogens is 226 g/mol. The van der Waals surface area contributed by atoms with Gasteiger partial charge in [0.2, 0.25) is 5.91 Å². The number of nitrogens with zero attached hydrogens (tertiary/aromatic N) is 1. The second kappa shape index (κ2) is 7.10. The molecule has 1 rings (SSSR count). The van der Waals surface area contributed by atoms with Crippen molar-refractivity contribution in [2.75, 3.05) is 33.7 Å². The van der Waals surface area contributed by atoms with Gasteiger partial charge in [-0.25, -0.2) is 0 Å². The van der Waals surface area contributed by atoms with Crippen LogP contribution in [0.15, 0.2) is 0 Å². The maximum atomic E-state index is 12.6. The summed E-state index contributed by atoms with van der Waals surface area (Å²) in [5, 5.41) is 3.11. The van der Waals surface area contributed by atoms with E-state index in [0.29, 0.717) is 6.54 Å². The number of nitrogens with one attached hydrogen (secondary N) is 1. The smallest absolute Gasteiger partial charge is 0.229 e. The summed E-state index contributed by atoms with van der Waals surface area (Å²) in [7, 11) is 3.85. The van der Waals surface area contributed by atoms with E-state index >= 15 is 0 Å². The molecule has 18 heavy (non-hydrogen) atoms. The molecule has 3 N–H and O–H groups in total. The van der Waals surface area contributed by atoms with Gasteiger partial charge < -0.3 is 16.0 Å². The Labute approximate surface area is 111 Å². The zero-order chi connectivity index (χ0) is 13.6. The maximum absolute atomic E-state index is 12.6. The minimum absolute atomic E-state index is 0.257. The van der Waals surface area contributed by atoms with Gasteiger partial charge in [-0.05, 0) is 51.6 Å². The molecule has 0 aromatic heterocycles.